The molecule has 20 heavy (non-hydrogen) atoms. The minimum atomic E-state index is -0.584. The molecule has 1 amide bonds. The zero-order chi connectivity index (χ0) is 14.5. The Morgan fingerprint density at radius 3 is 3.00 bits per heavy atom. The average Bonchev–Trinajstić information content (AvgIpc) is 2.83. The van der Waals surface area contributed by atoms with Crippen LogP contribution in [-0.4, -0.2) is 17.4 Å². The molecule has 0 aliphatic heterocycles. The third kappa shape index (κ3) is 3.91. The van der Waals surface area contributed by atoms with Gasteiger partial charge in [0, 0.05) is 16.9 Å². The number of aromatic nitrogens is 1. The molecule has 0 radical (unpaired) electrons. The molecule has 0 saturated heterocycles. The lowest BCUT2D eigenvalue weighted by Gasteiger charge is -2.06. The summed E-state index contributed by atoms with van der Waals surface area (Å²) in [4.78, 5) is 15.9. The highest BCUT2D eigenvalue weighted by Gasteiger charge is 2.11. The Morgan fingerprint density at radius 2 is 2.30 bits per heavy atom. The van der Waals surface area contributed by atoms with Crippen LogP contribution in [0.5, 0.6) is 0 Å². The minimum absolute atomic E-state index is 0.0459. The van der Waals surface area contributed by atoms with E-state index in [2.05, 4.69) is 10.3 Å². The quantitative estimate of drug-likeness (QED) is 0.834. The second-order valence-electron chi connectivity index (χ2n) is 4.16. The molecule has 7 heteroatoms. The largest absolute Gasteiger partial charge is 0.375 e. The molecular weight excluding hydrogens is 301 g/mol. The highest BCUT2D eigenvalue weighted by atomic mass is 35.5. The number of carbonyl (C=O) groups excluding carboxylic acids is 1. The molecule has 0 aliphatic carbocycles. The van der Waals surface area contributed by atoms with Crippen LogP contribution < -0.4 is 11.1 Å². The fourth-order valence-corrected chi connectivity index (χ4v) is 2.45. The number of aryl methyl sites for hydroxylation is 1. The maximum atomic E-state index is 13.5. The Labute approximate surface area is 124 Å². The zero-order valence-electron chi connectivity index (χ0n) is 10.5. The second-order valence-corrected chi connectivity index (χ2v) is 5.49. The predicted molar refractivity (Wildman–Crippen MR) is 78.6 cm³/mol. The van der Waals surface area contributed by atoms with Crippen molar-refractivity contribution < 1.29 is 9.18 Å². The van der Waals surface area contributed by atoms with Gasteiger partial charge in [0.15, 0.2) is 5.13 Å². The van der Waals surface area contributed by atoms with Gasteiger partial charge in [-0.1, -0.05) is 11.6 Å². The van der Waals surface area contributed by atoms with Crippen LogP contribution in [0.3, 0.4) is 0 Å². The number of rotatable bonds is 5. The third-order valence-electron chi connectivity index (χ3n) is 2.64. The highest BCUT2D eigenvalue weighted by molar-refractivity contribution is 7.13. The number of benzene rings is 1. The Bertz CT molecular complexity index is 617. The summed E-state index contributed by atoms with van der Waals surface area (Å²) in [6, 6.07) is 3.89. The smallest absolute Gasteiger partial charge is 0.254 e. The molecule has 0 fully saturated rings. The molecule has 2 aromatic rings. The number of nitrogens with one attached hydrogen (secondary N) is 1. The molecule has 2 rings (SSSR count). The van der Waals surface area contributed by atoms with Crippen LogP contribution in [0.1, 0.15) is 22.5 Å². The van der Waals surface area contributed by atoms with Crippen LogP contribution in [0.15, 0.2) is 23.6 Å². The second kappa shape index (κ2) is 6.67. The van der Waals surface area contributed by atoms with E-state index >= 15 is 0 Å². The summed E-state index contributed by atoms with van der Waals surface area (Å²) in [5, 5.41) is 5.39. The summed E-state index contributed by atoms with van der Waals surface area (Å²) in [6.45, 7) is 0.433. The Hall–Kier alpha value is -1.66. The van der Waals surface area contributed by atoms with Gasteiger partial charge in [-0.05, 0) is 31.0 Å². The van der Waals surface area contributed by atoms with Crippen LogP contribution in [0.4, 0.5) is 9.52 Å². The molecule has 1 aromatic heterocycles. The normalized spacial score (nSPS) is 10.5. The van der Waals surface area contributed by atoms with E-state index in [1.54, 1.807) is 0 Å². The Kier molecular flexibility index (Phi) is 4.92. The van der Waals surface area contributed by atoms with Crippen molar-refractivity contribution in [3.05, 3.63) is 45.7 Å². The van der Waals surface area contributed by atoms with Gasteiger partial charge in [0.05, 0.1) is 11.3 Å². The van der Waals surface area contributed by atoms with Gasteiger partial charge in [-0.15, -0.1) is 11.3 Å². The maximum absolute atomic E-state index is 13.5. The molecule has 0 unspecified atom stereocenters. The van der Waals surface area contributed by atoms with Crippen LogP contribution in [0.2, 0.25) is 5.02 Å². The van der Waals surface area contributed by atoms with Crippen LogP contribution in [0, 0.1) is 5.82 Å². The summed E-state index contributed by atoms with van der Waals surface area (Å²) in [5.74, 6) is -1.05. The number of anilines is 1. The number of amides is 1. The van der Waals surface area contributed by atoms with E-state index in [-0.39, 0.29) is 5.56 Å². The van der Waals surface area contributed by atoms with E-state index in [0.717, 1.165) is 5.69 Å². The summed E-state index contributed by atoms with van der Waals surface area (Å²) in [6.07, 6.45) is 1.42. The molecule has 1 heterocycles. The maximum Gasteiger partial charge on any atom is 0.254 e. The molecule has 4 nitrogen and oxygen atoms in total. The summed E-state index contributed by atoms with van der Waals surface area (Å²) >= 11 is 7.12. The van der Waals surface area contributed by atoms with Gasteiger partial charge >= 0.3 is 0 Å². The number of thiazole rings is 1. The number of nitrogens with zero attached hydrogens (tertiary/aromatic N) is 1. The molecule has 0 aliphatic rings. The molecule has 1 aromatic carbocycles. The molecule has 3 N–H and O–H groups in total. The first-order valence-electron chi connectivity index (χ1n) is 5.99. The standard InChI is InChI=1S/C13H13ClFN3OS/c14-8-3-4-11(15)10(6-8)12(19)17-5-1-2-9-7-20-13(16)18-9/h3-4,6-7H,1-2,5H2,(H2,16,18)(H,17,19). The van der Waals surface area contributed by atoms with Gasteiger partial charge in [-0.2, -0.15) is 0 Å². The van der Waals surface area contributed by atoms with Crippen LogP contribution in [-0.2, 0) is 6.42 Å². The van der Waals surface area contributed by atoms with Gasteiger partial charge in [0.2, 0.25) is 0 Å². The summed E-state index contributed by atoms with van der Waals surface area (Å²) in [7, 11) is 0. The number of halogens is 2. The highest BCUT2D eigenvalue weighted by Crippen LogP contribution is 2.15. The number of nitrogen functional groups attached to an aromatic ring is 1. The van der Waals surface area contributed by atoms with Crippen molar-refractivity contribution >= 4 is 34.0 Å². The summed E-state index contributed by atoms with van der Waals surface area (Å²) in [5.41, 5.74) is 6.37. The Balaban J connectivity index is 1.82. The van der Waals surface area contributed by atoms with E-state index in [1.807, 2.05) is 5.38 Å². The topological polar surface area (TPSA) is 68.0 Å². The number of nitrogens with two attached hydrogens (primary N) is 1. The molecule has 0 saturated carbocycles. The average molecular weight is 314 g/mol. The van der Waals surface area contributed by atoms with E-state index in [4.69, 9.17) is 17.3 Å². The fourth-order valence-electron chi connectivity index (χ4n) is 1.68. The first-order chi connectivity index (χ1) is 9.56. The van der Waals surface area contributed by atoms with Crippen molar-refractivity contribution in [2.75, 3.05) is 12.3 Å². The predicted octanol–water partition coefficient (Wildman–Crippen LogP) is 2.88. The van der Waals surface area contributed by atoms with E-state index in [1.165, 1.54) is 29.5 Å². The van der Waals surface area contributed by atoms with Crippen molar-refractivity contribution in [1.29, 1.82) is 0 Å². The zero-order valence-corrected chi connectivity index (χ0v) is 12.1. The van der Waals surface area contributed by atoms with Crippen LogP contribution in [0.25, 0.3) is 0 Å². The van der Waals surface area contributed by atoms with E-state index < -0.39 is 11.7 Å². The van der Waals surface area contributed by atoms with Crippen molar-refractivity contribution in [3.63, 3.8) is 0 Å². The number of carbonyl (C=O) groups is 1. The van der Waals surface area contributed by atoms with E-state index in [0.29, 0.717) is 29.5 Å². The molecule has 0 spiro atoms. The fraction of sp³-hybridized carbons (Fsp3) is 0.231. The van der Waals surface area contributed by atoms with Gasteiger partial charge in [0.1, 0.15) is 5.82 Å². The van der Waals surface area contributed by atoms with Crippen molar-refractivity contribution in [2.45, 2.75) is 12.8 Å². The molecular formula is C13H13ClFN3OS. The molecule has 0 atom stereocenters. The molecule has 106 valence electrons. The van der Waals surface area contributed by atoms with Gasteiger partial charge in [-0.25, -0.2) is 9.37 Å². The van der Waals surface area contributed by atoms with Gasteiger partial charge in [-0.3, -0.25) is 4.79 Å². The lowest BCUT2D eigenvalue weighted by atomic mass is 10.2. The third-order valence-corrected chi connectivity index (χ3v) is 3.60. The number of hydrogen-bond donors (Lipinski definition) is 2. The number of hydrogen-bond acceptors (Lipinski definition) is 4. The SMILES string of the molecule is Nc1nc(CCCNC(=O)c2cc(Cl)ccc2F)cs1. The van der Waals surface area contributed by atoms with Gasteiger partial charge < -0.3 is 11.1 Å². The minimum Gasteiger partial charge on any atom is -0.375 e. The first-order valence-corrected chi connectivity index (χ1v) is 7.25. The Morgan fingerprint density at radius 1 is 1.50 bits per heavy atom. The first kappa shape index (κ1) is 14.7. The van der Waals surface area contributed by atoms with Crippen molar-refractivity contribution in [3.8, 4) is 0 Å². The lowest BCUT2D eigenvalue weighted by molar-refractivity contribution is 0.0949. The molecule has 0 bridgehead atoms. The van der Waals surface area contributed by atoms with E-state index in [9.17, 15) is 9.18 Å². The van der Waals surface area contributed by atoms with Crippen LogP contribution >= 0.6 is 22.9 Å². The monoisotopic (exact) mass is 313 g/mol. The summed E-state index contributed by atoms with van der Waals surface area (Å²) < 4.78 is 13.5. The lowest BCUT2D eigenvalue weighted by Crippen LogP contribution is -2.25. The van der Waals surface area contributed by atoms with Gasteiger partial charge in [0.25, 0.3) is 5.91 Å². The van der Waals surface area contributed by atoms with Crippen molar-refractivity contribution in [2.24, 2.45) is 0 Å². The van der Waals surface area contributed by atoms with Crippen molar-refractivity contribution in [1.82, 2.24) is 10.3 Å².